The number of aliphatic hydroxyl groups is 1. The number of carboxylic acids is 1. The average Bonchev–Trinajstić information content (AvgIpc) is 2.67. The summed E-state index contributed by atoms with van der Waals surface area (Å²) in [4.78, 5) is 33.9. The zero-order chi connectivity index (χ0) is 22.1. The first-order chi connectivity index (χ1) is 13.8. The Morgan fingerprint density at radius 3 is 1.83 bits per heavy atom. The molecule has 0 radical (unpaired) electrons. The standard InChI is InChI=1S/C21H37NO7/c1-3-5-6-7-8-9-10-11-12-13-14-21(16-23,29-18(26)4-2)20(22)28-19(27)15-17(24)25/h22-23H,3-16H2,1-2H3,(H,24,25). The van der Waals surface area contributed by atoms with Crippen molar-refractivity contribution < 1.29 is 34.1 Å². The molecule has 0 saturated carbocycles. The summed E-state index contributed by atoms with van der Waals surface area (Å²) in [7, 11) is 0. The maximum Gasteiger partial charge on any atom is 0.323 e. The van der Waals surface area contributed by atoms with Crippen molar-refractivity contribution in [2.24, 2.45) is 0 Å². The van der Waals surface area contributed by atoms with Gasteiger partial charge in [0.1, 0.15) is 6.42 Å². The van der Waals surface area contributed by atoms with Gasteiger partial charge < -0.3 is 19.7 Å². The van der Waals surface area contributed by atoms with E-state index < -0.39 is 42.4 Å². The molecule has 0 aromatic rings. The van der Waals surface area contributed by atoms with Gasteiger partial charge in [-0.15, -0.1) is 0 Å². The largest absolute Gasteiger partial charge is 0.481 e. The Bertz CT molecular complexity index is 521. The summed E-state index contributed by atoms with van der Waals surface area (Å²) in [6.45, 7) is 3.05. The molecule has 0 amide bonds. The topological polar surface area (TPSA) is 134 Å². The zero-order valence-electron chi connectivity index (χ0n) is 17.8. The number of hydrogen-bond acceptors (Lipinski definition) is 7. The number of rotatable bonds is 17. The van der Waals surface area contributed by atoms with Gasteiger partial charge >= 0.3 is 17.9 Å². The van der Waals surface area contributed by atoms with Gasteiger partial charge in [0, 0.05) is 6.42 Å². The van der Waals surface area contributed by atoms with Crippen LogP contribution in [0.15, 0.2) is 0 Å². The fourth-order valence-corrected chi connectivity index (χ4v) is 2.95. The molecule has 0 saturated heterocycles. The molecule has 8 nitrogen and oxygen atoms in total. The number of unbranched alkanes of at least 4 members (excludes halogenated alkanes) is 9. The van der Waals surface area contributed by atoms with Crippen molar-refractivity contribution in [2.75, 3.05) is 6.61 Å². The van der Waals surface area contributed by atoms with Crippen LogP contribution < -0.4 is 0 Å². The van der Waals surface area contributed by atoms with Crippen molar-refractivity contribution in [1.82, 2.24) is 0 Å². The maximum atomic E-state index is 11.8. The molecule has 0 bridgehead atoms. The van der Waals surface area contributed by atoms with E-state index in [1.54, 1.807) is 6.92 Å². The van der Waals surface area contributed by atoms with Crippen LogP contribution in [0.2, 0.25) is 0 Å². The fraction of sp³-hybridized carbons (Fsp3) is 0.810. The molecule has 8 heteroatoms. The Morgan fingerprint density at radius 1 is 0.862 bits per heavy atom. The van der Waals surface area contributed by atoms with Crippen molar-refractivity contribution in [3.8, 4) is 0 Å². The number of esters is 2. The number of carbonyl (C=O) groups is 3. The number of aliphatic carboxylic acids is 1. The van der Waals surface area contributed by atoms with E-state index in [0.29, 0.717) is 6.42 Å². The highest BCUT2D eigenvalue weighted by Crippen LogP contribution is 2.24. The van der Waals surface area contributed by atoms with Gasteiger partial charge in [-0.25, -0.2) is 0 Å². The molecule has 0 aromatic carbocycles. The molecule has 1 unspecified atom stereocenters. The molecular formula is C21H37NO7. The molecule has 3 N–H and O–H groups in total. The van der Waals surface area contributed by atoms with Crippen molar-refractivity contribution >= 4 is 23.8 Å². The lowest BCUT2D eigenvalue weighted by molar-refractivity contribution is -0.161. The van der Waals surface area contributed by atoms with Crippen molar-refractivity contribution in [3.63, 3.8) is 0 Å². The summed E-state index contributed by atoms with van der Waals surface area (Å²) in [6, 6.07) is 0. The van der Waals surface area contributed by atoms with Crippen LogP contribution in [0.1, 0.15) is 97.3 Å². The van der Waals surface area contributed by atoms with Crippen LogP contribution in [0.4, 0.5) is 0 Å². The second-order valence-corrected chi connectivity index (χ2v) is 7.29. The summed E-state index contributed by atoms with van der Waals surface area (Å²) in [5, 5.41) is 26.4. The molecule has 0 fully saturated rings. The lowest BCUT2D eigenvalue weighted by Crippen LogP contribution is -2.48. The highest BCUT2D eigenvalue weighted by molar-refractivity contribution is 5.99. The third kappa shape index (κ3) is 12.3. The van der Waals surface area contributed by atoms with Crippen LogP contribution in [0.25, 0.3) is 0 Å². The molecule has 29 heavy (non-hydrogen) atoms. The molecule has 0 rings (SSSR count). The van der Waals surface area contributed by atoms with Gasteiger partial charge in [0.2, 0.25) is 11.5 Å². The van der Waals surface area contributed by atoms with Gasteiger partial charge in [0.25, 0.3) is 0 Å². The molecule has 1 atom stereocenters. The summed E-state index contributed by atoms with van der Waals surface area (Å²) < 4.78 is 9.98. The normalized spacial score (nSPS) is 12.8. The van der Waals surface area contributed by atoms with E-state index in [2.05, 4.69) is 6.92 Å². The fourth-order valence-electron chi connectivity index (χ4n) is 2.95. The number of ether oxygens (including phenoxy) is 2. The van der Waals surface area contributed by atoms with Crippen LogP contribution >= 0.6 is 0 Å². The number of carbonyl (C=O) groups excluding carboxylic acids is 2. The van der Waals surface area contributed by atoms with Gasteiger partial charge in [-0.3, -0.25) is 19.8 Å². The summed E-state index contributed by atoms with van der Waals surface area (Å²) >= 11 is 0. The summed E-state index contributed by atoms with van der Waals surface area (Å²) in [5.41, 5.74) is -1.76. The van der Waals surface area contributed by atoms with Crippen LogP contribution in [-0.2, 0) is 23.9 Å². The van der Waals surface area contributed by atoms with E-state index in [4.69, 9.17) is 20.0 Å². The highest BCUT2D eigenvalue weighted by Gasteiger charge is 2.41. The SMILES string of the molecule is CCCCCCCCCCCCC(CO)(OC(=O)CC)C(=N)OC(=O)CC(=O)O. The monoisotopic (exact) mass is 415 g/mol. The quantitative estimate of drug-likeness (QED) is 0.107. The summed E-state index contributed by atoms with van der Waals surface area (Å²) in [5.74, 6) is -3.90. The predicted octanol–water partition coefficient (Wildman–Crippen LogP) is 3.98. The van der Waals surface area contributed by atoms with Crippen molar-refractivity contribution in [2.45, 2.75) is 103 Å². The predicted molar refractivity (Wildman–Crippen MR) is 109 cm³/mol. The Hall–Kier alpha value is -1.96. The summed E-state index contributed by atoms with van der Waals surface area (Å²) in [6.07, 6.45) is 10.2. The number of nitrogens with one attached hydrogen (secondary N) is 1. The molecule has 0 spiro atoms. The highest BCUT2D eigenvalue weighted by atomic mass is 16.6. The van der Waals surface area contributed by atoms with E-state index >= 15 is 0 Å². The molecule has 168 valence electrons. The van der Waals surface area contributed by atoms with Crippen molar-refractivity contribution in [1.29, 1.82) is 5.41 Å². The lowest BCUT2D eigenvalue weighted by Gasteiger charge is -2.31. The van der Waals surface area contributed by atoms with Gasteiger partial charge in [0.15, 0.2) is 0 Å². The zero-order valence-corrected chi connectivity index (χ0v) is 17.8. The van der Waals surface area contributed by atoms with E-state index in [1.165, 1.54) is 38.5 Å². The second-order valence-electron chi connectivity index (χ2n) is 7.29. The smallest absolute Gasteiger partial charge is 0.323 e. The van der Waals surface area contributed by atoms with E-state index in [1.807, 2.05) is 0 Å². The minimum atomic E-state index is -1.76. The first-order valence-corrected chi connectivity index (χ1v) is 10.7. The van der Waals surface area contributed by atoms with Crippen LogP contribution in [0, 0.1) is 5.41 Å². The van der Waals surface area contributed by atoms with E-state index in [-0.39, 0.29) is 12.8 Å². The first-order valence-electron chi connectivity index (χ1n) is 10.7. The van der Waals surface area contributed by atoms with Gasteiger partial charge in [0.05, 0.1) is 6.61 Å². The maximum absolute atomic E-state index is 11.8. The average molecular weight is 416 g/mol. The molecule has 0 aliphatic carbocycles. The number of aliphatic hydroxyl groups excluding tert-OH is 1. The van der Waals surface area contributed by atoms with E-state index in [9.17, 15) is 19.5 Å². The Balaban J connectivity index is 4.56. The third-order valence-corrected chi connectivity index (χ3v) is 4.71. The third-order valence-electron chi connectivity index (χ3n) is 4.71. The number of carboxylic acid groups (broad SMARTS) is 1. The Kier molecular flexibility index (Phi) is 14.8. The lowest BCUT2D eigenvalue weighted by atomic mass is 9.95. The number of hydrogen-bond donors (Lipinski definition) is 3. The molecule has 0 aromatic heterocycles. The Labute approximate surface area is 173 Å². The Morgan fingerprint density at radius 2 is 1.38 bits per heavy atom. The molecule has 0 heterocycles. The van der Waals surface area contributed by atoms with Crippen LogP contribution in [-0.4, -0.2) is 46.2 Å². The van der Waals surface area contributed by atoms with Crippen molar-refractivity contribution in [3.05, 3.63) is 0 Å². The second kappa shape index (κ2) is 15.9. The van der Waals surface area contributed by atoms with Crippen LogP contribution in [0.3, 0.4) is 0 Å². The first kappa shape index (κ1) is 27.0. The molecule has 0 aliphatic heterocycles. The van der Waals surface area contributed by atoms with Gasteiger partial charge in [-0.05, 0) is 12.8 Å². The van der Waals surface area contributed by atoms with Gasteiger partial charge in [-0.2, -0.15) is 0 Å². The molecular weight excluding hydrogens is 378 g/mol. The van der Waals surface area contributed by atoms with E-state index in [0.717, 1.165) is 19.3 Å². The minimum absolute atomic E-state index is 0.0378. The molecule has 0 aliphatic rings. The van der Waals surface area contributed by atoms with Crippen LogP contribution in [0.5, 0.6) is 0 Å². The van der Waals surface area contributed by atoms with Gasteiger partial charge in [-0.1, -0.05) is 71.6 Å². The minimum Gasteiger partial charge on any atom is -0.481 e.